The first-order valence-corrected chi connectivity index (χ1v) is 7.49. The van der Waals surface area contributed by atoms with Gasteiger partial charge in [-0.2, -0.15) is 5.26 Å². The lowest BCUT2D eigenvalue weighted by Crippen LogP contribution is -2.56. The Balaban J connectivity index is 2.02. The zero-order valence-corrected chi connectivity index (χ0v) is 12.1. The molecule has 1 heterocycles. The van der Waals surface area contributed by atoms with Gasteiger partial charge in [0.05, 0.1) is 12.0 Å². The molecule has 2 aliphatic rings. The monoisotopic (exact) mass is 249 g/mol. The minimum absolute atomic E-state index is 0.267. The molecule has 0 radical (unpaired) electrons. The highest BCUT2D eigenvalue weighted by Gasteiger charge is 2.36. The lowest BCUT2D eigenvalue weighted by molar-refractivity contribution is 0.0318. The second kappa shape index (κ2) is 6.04. The summed E-state index contributed by atoms with van der Waals surface area (Å²) in [5, 5.41) is 9.38. The van der Waals surface area contributed by atoms with E-state index in [1.165, 1.54) is 19.3 Å². The molecule has 2 fully saturated rings. The topological polar surface area (TPSA) is 30.3 Å². The van der Waals surface area contributed by atoms with Gasteiger partial charge >= 0.3 is 0 Å². The molecule has 1 aliphatic heterocycles. The summed E-state index contributed by atoms with van der Waals surface area (Å²) in [6.07, 6.45) is 4.89. The molecule has 1 saturated carbocycles. The van der Waals surface area contributed by atoms with Gasteiger partial charge in [-0.15, -0.1) is 0 Å². The number of hydrogen-bond donors (Lipinski definition) is 0. The van der Waals surface area contributed by atoms with Gasteiger partial charge in [-0.05, 0) is 39.2 Å². The number of hydrogen-bond acceptors (Lipinski definition) is 3. The van der Waals surface area contributed by atoms with Crippen LogP contribution in [0.3, 0.4) is 0 Å². The number of piperazine rings is 1. The van der Waals surface area contributed by atoms with Crippen molar-refractivity contribution < 1.29 is 0 Å². The first-order chi connectivity index (χ1) is 8.65. The van der Waals surface area contributed by atoms with E-state index in [2.05, 4.69) is 36.8 Å². The first-order valence-electron chi connectivity index (χ1n) is 7.49. The summed E-state index contributed by atoms with van der Waals surface area (Å²) >= 11 is 0. The summed E-state index contributed by atoms with van der Waals surface area (Å²) in [5.41, 5.74) is 0. The lowest BCUT2D eigenvalue weighted by Gasteiger charge is -2.46. The molecule has 0 bridgehead atoms. The zero-order valence-electron chi connectivity index (χ0n) is 12.1. The van der Waals surface area contributed by atoms with E-state index in [0.29, 0.717) is 12.1 Å². The molecule has 102 valence electrons. The van der Waals surface area contributed by atoms with Crippen LogP contribution in [-0.4, -0.2) is 48.6 Å². The maximum atomic E-state index is 9.38. The van der Waals surface area contributed by atoms with Crippen molar-refractivity contribution in [2.75, 3.05) is 26.7 Å². The van der Waals surface area contributed by atoms with Crippen LogP contribution in [0.1, 0.15) is 39.5 Å². The van der Waals surface area contributed by atoms with Gasteiger partial charge in [-0.3, -0.25) is 4.90 Å². The van der Waals surface area contributed by atoms with Crippen LogP contribution in [0, 0.1) is 23.2 Å². The van der Waals surface area contributed by atoms with Crippen LogP contribution in [0.15, 0.2) is 0 Å². The van der Waals surface area contributed by atoms with Gasteiger partial charge in [0, 0.05) is 31.7 Å². The van der Waals surface area contributed by atoms with Crippen molar-refractivity contribution in [3.63, 3.8) is 0 Å². The highest BCUT2D eigenvalue weighted by atomic mass is 15.3. The van der Waals surface area contributed by atoms with Gasteiger partial charge in [-0.25, -0.2) is 0 Å². The molecular weight excluding hydrogens is 222 g/mol. The maximum Gasteiger partial charge on any atom is 0.0672 e. The van der Waals surface area contributed by atoms with Crippen molar-refractivity contribution in [2.45, 2.75) is 51.6 Å². The molecule has 0 spiro atoms. The summed E-state index contributed by atoms with van der Waals surface area (Å²) in [5.74, 6) is 1.11. The molecule has 18 heavy (non-hydrogen) atoms. The van der Waals surface area contributed by atoms with E-state index in [1.807, 2.05) is 0 Å². The van der Waals surface area contributed by atoms with E-state index in [-0.39, 0.29) is 5.92 Å². The van der Waals surface area contributed by atoms with Crippen LogP contribution in [0.2, 0.25) is 0 Å². The van der Waals surface area contributed by atoms with E-state index in [0.717, 1.165) is 32.0 Å². The van der Waals surface area contributed by atoms with Gasteiger partial charge in [0.1, 0.15) is 0 Å². The van der Waals surface area contributed by atoms with E-state index in [1.54, 1.807) is 0 Å². The SMILES string of the molecule is CCC1CCC(C#N)C(N2CCN(C)C(C)C2)C1. The molecule has 3 nitrogen and oxygen atoms in total. The molecule has 0 aromatic carbocycles. The van der Waals surface area contributed by atoms with Gasteiger partial charge in [0.2, 0.25) is 0 Å². The average Bonchev–Trinajstić information content (AvgIpc) is 2.41. The number of likely N-dealkylation sites (N-methyl/N-ethyl adjacent to an activating group) is 1. The molecule has 3 heteroatoms. The molecular formula is C15H27N3. The summed E-state index contributed by atoms with van der Waals surface area (Å²) in [6, 6.07) is 3.71. The molecule has 0 aromatic rings. The molecule has 2 rings (SSSR count). The van der Waals surface area contributed by atoms with Crippen molar-refractivity contribution in [3.8, 4) is 6.07 Å². The summed E-state index contributed by atoms with van der Waals surface area (Å²) < 4.78 is 0. The fourth-order valence-electron chi connectivity index (χ4n) is 3.53. The maximum absolute atomic E-state index is 9.38. The van der Waals surface area contributed by atoms with E-state index in [9.17, 15) is 5.26 Å². The standard InChI is InChI=1S/C15H27N3/c1-4-13-5-6-14(10-16)15(9-13)18-8-7-17(3)12(2)11-18/h12-15H,4-9,11H2,1-3H3. The average molecular weight is 249 g/mol. The van der Waals surface area contributed by atoms with E-state index < -0.39 is 0 Å². The van der Waals surface area contributed by atoms with Crippen LogP contribution in [0.25, 0.3) is 0 Å². The Labute approximate surface area is 112 Å². The summed E-state index contributed by atoms with van der Waals surface area (Å²) in [4.78, 5) is 5.03. The van der Waals surface area contributed by atoms with Gasteiger partial charge in [0.15, 0.2) is 0 Å². The smallest absolute Gasteiger partial charge is 0.0672 e. The molecule has 0 aromatic heterocycles. The van der Waals surface area contributed by atoms with Crippen LogP contribution in [-0.2, 0) is 0 Å². The molecule has 4 unspecified atom stereocenters. The Morgan fingerprint density at radius 1 is 1.28 bits per heavy atom. The van der Waals surface area contributed by atoms with Gasteiger partial charge < -0.3 is 4.90 Å². The Kier molecular flexibility index (Phi) is 4.64. The van der Waals surface area contributed by atoms with Crippen molar-refractivity contribution in [1.29, 1.82) is 5.26 Å². The van der Waals surface area contributed by atoms with Crippen LogP contribution in [0.4, 0.5) is 0 Å². The number of rotatable bonds is 2. The Morgan fingerprint density at radius 2 is 2.06 bits per heavy atom. The molecule has 1 saturated heterocycles. The molecule has 0 N–H and O–H groups in total. The van der Waals surface area contributed by atoms with Gasteiger partial charge in [0.25, 0.3) is 0 Å². The predicted octanol–water partition coefficient (Wildman–Crippen LogP) is 2.34. The first kappa shape index (κ1) is 13.8. The Morgan fingerprint density at radius 3 is 2.67 bits per heavy atom. The van der Waals surface area contributed by atoms with E-state index in [4.69, 9.17) is 0 Å². The molecule has 1 aliphatic carbocycles. The van der Waals surface area contributed by atoms with E-state index >= 15 is 0 Å². The lowest BCUT2D eigenvalue weighted by atomic mass is 9.77. The second-order valence-electron chi connectivity index (χ2n) is 6.21. The highest BCUT2D eigenvalue weighted by Crippen LogP contribution is 2.34. The summed E-state index contributed by atoms with van der Waals surface area (Å²) in [7, 11) is 2.21. The summed E-state index contributed by atoms with van der Waals surface area (Å²) in [6.45, 7) is 8.01. The van der Waals surface area contributed by atoms with Crippen LogP contribution >= 0.6 is 0 Å². The largest absolute Gasteiger partial charge is 0.301 e. The quantitative estimate of drug-likeness (QED) is 0.752. The fraction of sp³-hybridized carbons (Fsp3) is 0.933. The van der Waals surface area contributed by atoms with Crippen molar-refractivity contribution >= 4 is 0 Å². The fourth-order valence-corrected chi connectivity index (χ4v) is 3.53. The van der Waals surface area contributed by atoms with Crippen LogP contribution < -0.4 is 0 Å². The minimum Gasteiger partial charge on any atom is -0.301 e. The molecule has 4 atom stereocenters. The number of nitrogens with zero attached hydrogens (tertiary/aromatic N) is 3. The third kappa shape index (κ3) is 2.87. The highest BCUT2D eigenvalue weighted by molar-refractivity contribution is 4.99. The minimum atomic E-state index is 0.267. The van der Waals surface area contributed by atoms with Crippen molar-refractivity contribution in [3.05, 3.63) is 0 Å². The Hall–Kier alpha value is -0.590. The third-order valence-corrected chi connectivity index (χ3v) is 5.13. The third-order valence-electron chi connectivity index (χ3n) is 5.13. The van der Waals surface area contributed by atoms with Crippen LogP contribution in [0.5, 0.6) is 0 Å². The predicted molar refractivity (Wildman–Crippen MR) is 74.2 cm³/mol. The van der Waals surface area contributed by atoms with Crippen molar-refractivity contribution in [1.82, 2.24) is 9.80 Å². The second-order valence-corrected chi connectivity index (χ2v) is 6.21. The van der Waals surface area contributed by atoms with Crippen molar-refractivity contribution in [2.24, 2.45) is 11.8 Å². The number of nitriles is 1. The molecule has 0 amide bonds. The van der Waals surface area contributed by atoms with Gasteiger partial charge in [-0.1, -0.05) is 13.3 Å². The Bertz CT molecular complexity index is 309. The zero-order chi connectivity index (χ0) is 13.1. The normalized spacial score (nSPS) is 39.4.